The van der Waals surface area contributed by atoms with E-state index in [4.69, 9.17) is 9.72 Å². The lowest BCUT2D eigenvalue weighted by Gasteiger charge is -2.34. The van der Waals surface area contributed by atoms with Crippen molar-refractivity contribution in [2.24, 2.45) is 5.92 Å². The van der Waals surface area contributed by atoms with Gasteiger partial charge in [0.05, 0.1) is 23.8 Å². The normalized spacial score (nSPS) is 20.1. The highest BCUT2D eigenvalue weighted by Crippen LogP contribution is 2.36. The van der Waals surface area contributed by atoms with E-state index in [0.29, 0.717) is 12.3 Å². The molecule has 0 unspecified atom stereocenters. The maximum Gasteiger partial charge on any atom is 0.414 e. The Hall–Kier alpha value is -3.20. The van der Waals surface area contributed by atoms with Crippen LogP contribution < -0.4 is 4.90 Å². The number of rotatable bonds is 8. The number of carbonyl (C=O) groups excluding carboxylic acids is 2. The number of likely N-dealkylation sites (tertiary alicyclic amines) is 1. The third-order valence-corrected chi connectivity index (χ3v) is 7.67. The van der Waals surface area contributed by atoms with E-state index in [0.717, 1.165) is 86.5 Å². The van der Waals surface area contributed by atoms with Crippen molar-refractivity contribution < 1.29 is 14.3 Å². The molecule has 0 bridgehead atoms. The molecule has 36 heavy (non-hydrogen) atoms. The highest BCUT2D eigenvalue weighted by Gasteiger charge is 2.31. The van der Waals surface area contributed by atoms with Gasteiger partial charge in [0.25, 0.3) is 0 Å². The molecule has 0 N–H and O–H groups in total. The van der Waals surface area contributed by atoms with Gasteiger partial charge in [-0.25, -0.2) is 9.78 Å². The molecular formula is C27H36N6O3. The predicted molar refractivity (Wildman–Crippen MR) is 138 cm³/mol. The summed E-state index contributed by atoms with van der Waals surface area (Å²) in [6.45, 7) is 8.30. The van der Waals surface area contributed by atoms with Crippen molar-refractivity contribution >= 4 is 28.6 Å². The highest BCUT2D eigenvalue weighted by molar-refractivity contribution is 5.95. The van der Waals surface area contributed by atoms with Gasteiger partial charge < -0.3 is 19.0 Å². The van der Waals surface area contributed by atoms with Gasteiger partial charge in [-0.1, -0.05) is 0 Å². The predicted octanol–water partition coefficient (Wildman–Crippen LogP) is 3.68. The molecule has 0 radical (unpaired) electrons. The summed E-state index contributed by atoms with van der Waals surface area (Å²) < 4.78 is 9.37. The van der Waals surface area contributed by atoms with Crippen molar-refractivity contribution in [1.29, 1.82) is 0 Å². The van der Waals surface area contributed by atoms with Crippen LogP contribution in [0.25, 0.3) is 11.0 Å². The van der Waals surface area contributed by atoms with Crippen molar-refractivity contribution in [3.05, 3.63) is 42.0 Å². The average Bonchev–Trinajstić information content (AvgIpc) is 3.60. The summed E-state index contributed by atoms with van der Waals surface area (Å²) in [7, 11) is 1.43. The lowest BCUT2D eigenvalue weighted by Crippen LogP contribution is -2.42. The Labute approximate surface area is 212 Å². The fourth-order valence-corrected chi connectivity index (χ4v) is 5.87. The minimum atomic E-state index is -0.324. The van der Waals surface area contributed by atoms with E-state index in [9.17, 15) is 9.59 Å². The van der Waals surface area contributed by atoms with E-state index >= 15 is 0 Å². The van der Waals surface area contributed by atoms with Gasteiger partial charge in [0.1, 0.15) is 11.6 Å². The van der Waals surface area contributed by atoms with Crippen molar-refractivity contribution in [3.8, 4) is 0 Å². The molecule has 4 heterocycles. The third-order valence-electron chi connectivity index (χ3n) is 7.67. The third kappa shape index (κ3) is 4.89. The Morgan fingerprint density at radius 3 is 2.78 bits per heavy atom. The second kappa shape index (κ2) is 10.4. The first-order valence-corrected chi connectivity index (χ1v) is 13.0. The Morgan fingerprint density at radius 2 is 2.03 bits per heavy atom. The van der Waals surface area contributed by atoms with Crippen LogP contribution in [0.2, 0.25) is 0 Å². The Morgan fingerprint density at radius 1 is 1.17 bits per heavy atom. The first-order valence-electron chi connectivity index (χ1n) is 13.0. The second-order valence-electron chi connectivity index (χ2n) is 10.2. The zero-order chi connectivity index (χ0) is 25.2. The molecule has 1 saturated heterocycles. The molecule has 2 aromatic heterocycles. The molecule has 2 aliphatic heterocycles. The average molecular weight is 493 g/mol. The van der Waals surface area contributed by atoms with E-state index in [1.54, 1.807) is 18.0 Å². The van der Waals surface area contributed by atoms with E-state index in [1.165, 1.54) is 7.11 Å². The summed E-state index contributed by atoms with van der Waals surface area (Å²) in [5.41, 5.74) is 4.13. The maximum atomic E-state index is 12.6. The molecule has 5 rings (SSSR count). The van der Waals surface area contributed by atoms with Crippen LogP contribution in [-0.4, -0.2) is 68.9 Å². The molecule has 2 atom stereocenters. The number of hydrogen-bond donors (Lipinski definition) is 0. The number of ketones is 1. The number of benzene rings is 1. The Bertz CT molecular complexity index is 1230. The van der Waals surface area contributed by atoms with Gasteiger partial charge in [0.15, 0.2) is 0 Å². The topological polar surface area (TPSA) is 85.5 Å². The number of aryl methyl sites for hydroxylation is 3. The number of methoxy groups -OCH3 is 1. The van der Waals surface area contributed by atoms with Crippen molar-refractivity contribution in [2.75, 3.05) is 31.6 Å². The van der Waals surface area contributed by atoms with Crippen LogP contribution in [0.3, 0.4) is 0 Å². The summed E-state index contributed by atoms with van der Waals surface area (Å²) in [6, 6.07) is 6.18. The number of anilines is 1. The molecule has 1 fully saturated rings. The number of ether oxygens (including phenoxy) is 1. The molecule has 1 amide bonds. The van der Waals surface area contributed by atoms with E-state index in [2.05, 4.69) is 33.6 Å². The van der Waals surface area contributed by atoms with Gasteiger partial charge in [0.2, 0.25) is 0 Å². The fraction of sp³-hybridized carbons (Fsp3) is 0.556. The van der Waals surface area contributed by atoms with Gasteiger partial charge in [-0.2, -0.15) is 5.10 Å². The molecule has 3 aromatic rings. The molecule has 0 spiro atoms. The van der Waals surface area contributed by atoms with Crippen molar-refractivity contribution in [2.45, 2.75) is 65.1 Å². The number of Topliss-reactive ketones (excluding diaryl/α,β-unsaturated/α-hetero) is 1. The number of amides is 1. The number of carbonyl (C=O) groups is 2. The second-order valence-corrected chi connectivity index (χ2v) is 10.2. The maximum absolute atomic E-state index is 12.6. The van der Waals surface area contributed by atoms with E-state index in [-0.39, 0.29) is 17.9 Å². The largest absolute Gasteiger partial charge is 0.452 e. The standard InChI is InChI=1S/C27H36N6O3/c1-19-5-6-22-23(33(19)27(35)36-3)7-8-24-26(22)29-25(10-14-31-12-4-11-28-31)32(24)16-15-30-13-9-21(18-30)17-20(2)34/h4,7-8,11-12,19,21H,5-6,9-10,13-18H2,1-3H3/t19-,21+/m0/s1. The van der Waals surface area contributed by atoms with Crippen LogP contribution in [0.5, 0.6) is 0 Å². The molecule has 2 aliphatic rings. The van der Waals surface area contributed by atoms with Gasteiger partial charge in [-0.15, -0.1) is 0 Å². The van der Waals surface area contributed by atoms with Gasteiger partial charge in [-0.3, -0.25) is 9.58 Å². The monoisotopic (exact) mass is 492 g/mol. The first-order chi connectivity index (χ1) is 17.4. The van der Waals surface area contributed by atoms with Crippen molar-refractivity contribution in [3.63, 3.8) is 0 Å². The molecular weight excluding hydrogens is 456 g/mol. The highest BCUT2D eigenvalue weighted by atomic mass is 16.5. The Kier molecular flexibility index (Phi) is 7.09. The van der Waals surface area contributed by atoms with Crippen molar-refractivity contribution in [1.82, 2.24) is 24.2 Å². The minimum absolute atomic E-state index is 0.0851. The molecule has 1 aromatic carbocycles. The van der Waals surface area contributed by atoms with Crippen LogP contribution in [0.15, 0.2) is 30.6 Å². The van der Waals surface area contributed by atoms with Gasteiger partial charge in [0, 0.05) is 63.0 Å². The van der Waals surface area contributed by atoms with Crippen LogP contribution in [0, 0.1) is 5.92 Å². The number of hydrogen-bond acceptors (Lipinski definition) is 6. The Balaban J connectivity index is 1.44. The van der Waals surface area contributed by atoms with Gasteiger partial charge >= 0.3 is 6.09 Å². The van der Waals surface area contributed by atoms with E-state index in [1.807, 2.05) is 16.9 Å². The smallest absolute Gasteiger partial charge is 0.414 e. The SMILES string of the molecule is COC(=O)N1c2ccc3c(nc(CCn4cccn4)n3CCN3CC[C@H](CC(C)=O)C3)c2CC[C@@H]1C. The lowest BCUT2D eigenvalue weighted by molar-refractivity contribution is -0.117. The molecule has 0 saturated carbocycles. The first kappa shape index (κ1) is 24.5. The van der Waals surface area contributed by atoms with E-state index < -0.39 is 0 Å². The quantitative estimate of drug-likeness (QED) is 0.477. The fourth-order valence-electron chi connectivity index (χ4n) is 5.87. The number of imidazole rings is 1. The summed E-state index contributed by atoms with van der Waals surface area (Å²) in [5, 5.41) is 4.36. The van der Waals surface area contributed by atoms with Crippen LogP contribution in [0.4, 0.5) is 10.5 Å². The number of aromatic nitrogens is 4. The lowest BCUT2D eigenvalue weighted by atomic mass is 9.96. The molecule has 0 aliphatic carbocycles. The zero-order valence-corrected chi connectivity index (χ0v) is 21.5. The summed E-state index contributed by atoms with van der Waals surface area (Å²) >= 11 is 0. The summed E-state index contributed by atoms with van der Waals surface area (Å²) in [4.78, 5) is 33.5. The summed E-state index contributed by atoms with van der Waals surface area (Å²) in [5.74, 6) is 1.79. The van der Waals surface area contributed by atoms with Crippen LogP contribution in [0.1, 0.15) is 44.5 Å². The number of nitrogens with zero attached hydrogens (tertiary/aromatic N) is 6. The van der Waals surface area contributed by atoms with Crippen LogP contribution >= 0.6 is 0 Å². The summed E-state index contributed by atoms with van der Waals surface area (Å²) in [6.07, 6.45) is 7.76. The number of fused-ring (bicyclic) bond motifs is 3. The van der Waals surface area contributed by atoms with Crippen LogP contribution in [-0.2, 0) is 35.5 Å². The minimum Gasteiger partial charge on any atom is -0.452 e. The van der Waals surface area contributed by atoms with Gasteiger partial charge in [-0.05, 0) is 63.8 Å². The molecule has 192 valence electrons. The zero-order valence-electron chi connectivity index (χ0n) is 21.5. The molecule has 9 heteroatoms. The molecule has 9 nitrogen and oxygen atoms in total.